The van der Waals surface area contributed by atoms with Crippen LogP contribution in [0.15, 0.2) is 0 Å². The Morgan fingerprint density at radius 3 is 2.73 bits per heavy atom. The number of carbonyl (C=O) groups excluding carboxylic acids is 1. The van der Waals surface area contributed by atoms with E-state index in [0.29, 0.717) is 12.5 Å². The van der Waals surface area contributed by atoms with Gasteiger partial charge in [0, 0.05) is 20.1 Å². The highest BCUT2D eigenvalue weighted by molar-refractivity contribution is 5.65. The molecule has 1 saturated heterocycles. The van der Waals surface area contributed by atoms with Crippen LogP contribution in [-0.2, 0) is 14.3 Å². The van der Waals surface area contributed by atoms with Gasteiger partial charge in [-0.05, 0) is 18.8 Å². The first-order valence-corrected chi connectivity index (χ1v) is 4.00. The fourth-order valence-corrected chi connectivity index (χ4v) is 1.15. The molecule has 1 fully saturated rings. The zero-order valence-corrected chi connectivity index (χ0v) is 6.84. The van der Waals surface area contributed by atoms with Crippen molar-refractivity contribution >= 4 is 5.97 Å². The molecule has 64 valence electrons. The van der Waals surface area contributed by atoms with Gasteiger partial charge in [-0.25, -0.2) is 0 Å². The second kappa shape index (κ2) is 4.34. The summed E-state index contributed by atoms with van der Waals surface area (Å²) in [5.41, 5.74) is 0. The number of ether oxygens (including phenoxy) is 2. The zero-order chi connectivity index (χ0) is 8.10. The summed E-state index contributed by atoms with van der Waals surface area (Å²) >= 11 is 0. The van der Waals surface area contributed by atoms with Crippen LogP contribution in [0.4, 0.5) is 0 Å². The van der Waals surface area contributed by atoms with Crippen molar-refractivity contribution in [3.8, 4) is 0 Å². The van der Waals surface area contributed by atoms with Gasteiger partial charge in [0.1, 0.15) is 0 Å². The Kier molecular flexibility index (Phi) is 3.36. The van der Waals surface area contributed by atoms with Crippen LogP contribution in [0.2, 0.25) is 0 Å². The summed E-state index contributed by atoms with van der Waals surface area (Å²) in [5.74, 6) is 0.337. The predicted molar refractivity (Wildman–Crippen MR) is 40.2 cm³/mol. The summed E-state index contributed by atoms with van der Waals surface area (Å²) in [5, 5.41) is 0. The van der Waals surface area contributed by atoms with Crippen molar-refractivity contribution in [1.82, 2.24) is 0 Å². The molecule has 0 spiro atoms. The highest BCUT2D eigenvalue weighted by atomic mass is 16.5. The van der Waals surface area contributed by atoms with Crippen LogP contribution in [0.5, 0.6) is 0 Å². The predicted octanol–water partition coefficient (Wildman–Crippen LogP) is 0.976. The van der Waals surface area contributed by atoms with E-state index in [-0.39, 0.29) is 5.97 Å². The summed E-state index contributed by atoms with van der Waals surface area (Å²) in [6.07, 6.45) is 2.04. The van der Waals surface area contributed by atoms with Gasteiger partial charge < -0.3 is 9.47 Å². The van der Waals surface area contributed by atoms with Crippen molar-refractivity contribution in [2.24, 2.45) is 5.92 Å². The summed E-state index contributed by atoms with van der Waals surface area (Å²) in [6, 6.07) is 0. The average molecular weight is 158 g/mol. The summed E-state index contributed by atoms with van der Waals surface area (Å²) in [6.45, 7) is 3.63. The minimum absolute atomic E-state index is 0.184. The Hall–Kier alpha value is -0.570. The summed E-state index contributed by atoms with van der Waals surface area (Å²) in [7, 11) is 0. The molecule has 0 aromatic heterocycles. The zero-order valence-electron chi connectivity index (χ0n) is 6.84. The Bertz CT molecular complexity index is 127. The average Bonchev–Trinajstić information content (AvgIpc) is 2.03. The monoisotopic (exact) mass is 158 g/mol. The molecule has 0 N–H and O–H groups in total. The topological polar surface area (TPSA) is 35.5 Å². The van der Waals surface area contributed by atoms with Crippen molar-refractivity contribution in [1.29, 1.82) is 0 Å². The highest BCUT2D eigenvalue weighted by Crippen LogP contribution is 2.14. The minimum Gasteiger partial charge on any atom is -0.466 e. The Labute approximate surface area is 66.7 Å². The van der Waals surface area contributed by atoms with Gasteiger partial charge >= 0.3 is 5.97 Å². The molecule has 1 aliphatic rings. The normalized spacial score (nSPS) is 19.7. The molecule has 11 heavy (non-hydrogen) atoms. The van der Waals surface area contributed by atoms with E-state index in [4.69, 9.17) is 9.47 Å². The van der Waals surface area contributed by atoms with Gasteiger partial charge in [0.25, 0.3) is 0 Å². The van der Waals surface area contributed by atoms with Gasteiger partial charge in [-0.15, -0.1) is 0 Å². The molecule has 3 nitrogen and oxygen atoms in total. The first-order valence-electron chi connectivity index (χ1n) is 4.00. The van der Waals surface area contributed by atoms with E-state index < -0.39 is 0 Å². The van der Waals surface area contributed by atoms with Crippen molar-refractivity contribution in [2.45, 2.75) is 19.8 Å². The second-order valence-corrected chi connectivity index (χ2v) is 2.86. The van der Waals surface area contributed by atoms with Gasteiger partial charge in [0.2, 0.25) is 0 Å². The number of esters is 1. The van der Waals surface area contributed by atoms with E-state index in [0.717, 1.165) is 26.1 Å². The first kappa shape index (κ1) is 8.53. The molecule has 1 aliphatic heterocycles. The molecule has 0 bridgehead atoms. The van der Waals surface area contributed by atoms with E-state index in [1.807, 2.05) is 0 Å². The lowest BCUT2D eigenvalue weighted by Crippen LogP contribution is -2.21. The first-order chi connectivity index (χ1) is 5.29. The molecular weight excluding hydrogens is 144 g/mol. The van der Waals surface area contributed by atoms with E-state index >= 15 is 0 Å². The van der Waals surface area contributed by atoms with E-state index in [9.17, 15) is 4.79 Å². The smallest absolute Gasteiger partial charge is 0.302 e. The molecule has 0 saturated carbocycles. The van der Waals surface area contributed by atoms with Crippen LogP contribution >= 0.6 is 0 Å². The van der Waals surface area contributed by atoms with Crippen LogP contribution in [-0.4, -0.2) is 25.8 Å². The maximum Gasteiger partial charge on any atom is 0.302 e. The lowest BCUT2D eigenvalue weighted by Gasteiger charge is -2.20. The summed E-state index contributed by atoms with van der Waals surface area (Å²) < 4.78 is 10.1. The molecule has 0 atom stereocenters. The number of rotatable bonds is 2. The van der Waals surface area contributed by atoms with Crippen molar-refractivity contribution < 1.29 is 14.3 Å². The molecule has 1 rings (SSSR count). The molecule has 0 aromatic rings. The van der Waals surface area contributed by atoms with Gasteiger partial charge in [0.15, 0.2) is 0 Å². The lowest BCUT2D eigenvalue weighted by molar-refractivity contribution is -0.143. The number of hydrogen-bond acceptors (Lipinski definition) is 3. The quantitative estimate of drug-likeness (QED) is 0.562. The largest absolute Gasteiger partial charge is 0.466 e. The Morgan fingerprint density at radius 2 is 2.18 bits per heavy atom. The molecule has 1 heterocycles. The summed E-state index contributed by atoms with van der Waals surface area (Å²) in [4.78, 5) is 10.4. The maximum atomic E-state index is 10.4. The van der Waals surface area contributed by atoms with Gasteiger partial charge in [-0.1, -0.05) is 0 Å². The highest BCUT2D eigenvalue weighted by Gasteiger charge is 2.14. The lowest BCUT2D eigenvalue weighted by atomic mass is 10.0. The van der Waals surface area contributed by atoms with Crippen LogP contribution in [0.1, 0.15) is 19.8 Å². The van der Waals surface area contributed by atoms with Crippen molar-refractivity contribution in [2.75, 3.05) is 19.8 Å². The molecule has 0 amide bonds. The van der Waals surface area contributed by atoms with Gasteiger partial charge in [-0.3, -0.25) is 4.79 Å². The molecule has 3 heteroatoms. The van der Waals surface area contributed by atoms with Crippen LogP contribution in [0.3, 0.4) is 0 Å². The number of hydrogen-bond donors (Lipinski definition) is 0. The Balaban J connectivity index is 2.09. The molecular formula is C8H14O3. The fraction of sp³-hybridized carbons (Fsp3) is 0.875. The minimum atomic E-state index is -0.184. The van der Waals surface area contributed by atoms with E-state index in [1.165, 1.54) is 6.92 Å². The van der Waals surface area contributed by atoms with Crippen molar-refractivity contribution in [3.05, 3.63) is 0 Å². The van der Waals surface area contributed by atoms with Gasteiger partial charge in [0.05, 0.1) is 6.61 Å². The van der Waals surface area contributed by atoms with Crippen LogP contribution < -0.4 is 0 Å². The third-order valence-corrected chi connectivity index (χ3v) is 1.86. The second-order valence-electron chi connectivity index (χ2n) is 2.86. The molecule has 0 radical (unpaired) electrons. The van der Waals surface area contributed by atoms with E-state index in [1.54, 1.807) is 0 Å². The molecule has 0 unspecified atom stereocenters. The third-order valence-electron chi connectivity index (χ3n) is 1.86. The maximum absolute atomic E-state index is 10.4. The third kappa shape index (κ3) is 3.37. The van der Waals surface area contributed by atoms with Gasteiger partial charge in [-0.2, -0.15) is 0 Å². The standard InChI is InChI=1S/C8H14O3/c1-7(9)11-6-8-2-4-10-5-3-8/h8H,2-6H2,1H3. The molecule has 0 aliphatic carbocycles. The SMILES string of the molecule is CC(=O)OCC1CCOCC1. The number of carbonyl (C=O) groups is 1. The Morgan fingerprint density at radius 1 is 1.55 bits per heavy atom. The fourth-order valence-electron chi connectivity index (χ4n) is 1.15. The van der Waals surface area contributed by atoms with E-state index in [2.05, 4.69) is 0 Å². The van der Waals surface area contributed by atoms with Crippen LogP contribution in [0.25, 0.3) is 0 Å². The van der Waals surface area contributed by atoms with Crippen molar-refractivity contribution in [3.63, 3.8) is 0 Å². The molecule has 0 aromatic carbocycles. The van der Waals surface area contributed by atoms with Crippen LogP contribution in [0, 0.1) is 5.92 Å².